The van der Waals surface area contributed by atoms with E-state index < -0.39 is 0 Å². The summed E-state index contributed by atoms with van der Waals surface area (Å²) in [4.78, 5) is 7.30. The van der Waals surface area contributed by atoms with E-state index in [1.807, 2.05) is 0 Å². The molecule has 0 radical (unpaired) electrons. The van der Waals surface area contributed by atoms with E-state index in [0.29, 0.717) is 12.1 Å². The van der Waals surface area contributed by atoms with Crippen molar-refractivity contribution < 1.29 is 0 Å². The Bertz CT molecular complexity index is 402. The van der Waals surface area contributed by atoms with Crippen LogP contribution >= 0.6 is 11.3 Å². The summed E-state index contributed by atoms with van der Waals surface area (Å²) in [6.45, 7) is 12.3. The fourth-order valence-electron chi connectivity index (χ4n) is 3.16. The Labute approximate surface area is 127 Å². The van der Waals surface area contributed by atoms with Crippen LogP contribution in [0.3, 0.4) is 0 Å². The first-order valence-electron chi connectivity index (χ1n) is 7.97. The first-order chi connectivity index (χ1) is 9.58. The van der Waals surface area contributed by atoms with Gasteiger partial charge >= 0.3 is 0 Å². The number of nitrogens with zero attached hydrogens (tertiary/aromatic N) is 2. The minimum absolute atomic E-state index is 0.642. The summed E-state index contributed by atoms with van der Waals surface area (Å²) in [6, 6.07) is 1.31. The molecule has 0 spiro atoms. The van der Waals surface area contributed by atoms with Crippen LogP contribution in [-0.4, -0.2) is 35.1 Å². The predicted molar refractivity (Wildman–Crippen MR) is 87.2 cm³/mol. The Morgan fingerprint density at radius 2 is 2.30 bits per heavy atom. The maximum absolute atomic E-state index is 4.64. The van der Waals surface area contributed by atoms with Gasteiger partial charge < -0.3 is 5.32 Å². The van der Waals surface area contributed by atoms with Gasteiger partial charge in [-0.15, -0.1) is 11.3 Å². The molecule has 2 heterocycles. The average molecular weight is 295 g/mol. The highest BCUT2D eigenvalue weighted by molar-refractivity contribution is 7.09. The van der Waals surface area contributed by atoms with Crippen molar-refractivity contribution in [3.63, 3.8) is 0 Å². The fraction of sp³-hybridized carbons (Fsp3) is 0.812. The van der Waals surface area contributed by atoms with Crippen molar-refractivity contribution in [2.75, 3.05) is 13.1 Å². The predicted octanol–water partition coefficient (Wildman–Crippen LogP) is 3.44. The lowest BCUT2D eigenvalue weighted by Crippen LogP contribution is -2.56. The largest absolute Gasteiger partial charge is 0.311 e. The third kappa shape index (κ3) is 4.54. The highest BCUT2D eigenvalue weighted by Gasteiger charge is 2.27. The molecular formula is C16H29N3S. The number of nitrogens with one attached hydrogen (secondary N) is 1. The Morgan fingerprint density at radius 3 is 2.90 bits per heavy atom. The number of rotatable bonds is 6. The standard InChI is InChI=1S/C16H29N3S/c1-5-6-16-8-17-14(7-12(2)3)9-19(16)10-15-11-20-13(4)18-15/h11-12,14,16-17H,5-10H2,1-4H3. The average Bonchev–Trinajstić information content (AvgIpc) is 2.77. The van der Waals surface area contributed by atoms with E-state index >= 15 is 0 Å². The Morgan fingerprint density at radius 1 is 1.50 bits per heavy atom. The minimum atomic E-state index is 0.642. The monoisotopic (exact) mass is 295 g/mol. The van der Waals surface area contributed by atoms with E-state index in [1.165, 1.54) is 36.5 Å². The highest BCUT2D eigenvalue weighted by Crippen LogP contribution is 2.20. The Kier molecular flexibility index (Phi) is 6.00. The van der Waals surface area contributed by atoms with Gasteiger partial charge in [0.2, 0.25) is 0 Å². The molecule has 0 saturated carbocycles. The summed E-state index contributed by atoms with van der Waals surface area (Å²) >= 11 is 1.77. The molecule has 2 rings (SSSR count). The molecule has 1 aromatic heterocycles. The lowest BCUT2D eigenvalue weighted by molar-refractivity contribution is 0.106. The SMILES string of the molecule is CCCC1CNC(CC(C)C)CN1Cc1csc(C)n1. The molecular weight excluding hydrogens is 266 g/mol. The molecule has 1 aromatic rings. The zero-order valence-corrected chi connectivity index (χ0v) is 14.2. The van der Waals surface area contributed by atoms with Gasteiger partial charge in [-0.25, -0.2) is 4.98 Å². The normalized spacial score (nSPS) is 24.4. The van der Waals surface area contributed by atoms with E-state index in [1.54, 1.807) is 11.3 Å². The second-order valence-corrected chi connectivity index (χ2v) is 7.53. The van der Waals surface area contributed by atoms with Gasteiger partial charge in [-0.3, -0.25) is 4.90 Å². The Balaban J connectivity index is 1.98. The molecule has 1 fully saturated rings. The van der Waals surface area contributed by atoms with Crippen LogP contribution in [0.15, 0.2) is 5.38 Å². The van der Waals surface area contributed by atoms with Gasteiger partial charge in [0, 0.05) is 37.1 Å². The fourth-order valence-corrected chi connectivity index (χ4v) is 3.76. The summed E-state index contributed by atoms with van der Waals surface area (Å²) in [5.41, 5.74) is 1.25. The number of thiazole rings is 1. The lowest BCUT2D eigenvalue weighted by atomic mass is 9.98. The second-order valence-electron chi connectivity index (χ2n) is 6.46. The van der Waals surface area contributed by atoms with Gasteiger partial charge in [-0.1, -0.05) is 27.2 Å². The summed E-state index contributed by atoms with van der Waals surface area (Å²) in [6.07, 6.45) is 3.81. The Hall–Kier alpha value is -0.450. The summed E-state index contributed by atoms with van der Waals surface area (Å²) in [7, 11) is 0. The van der Waals surface area contributed by atoms with E-state index in [-0.39, 0.29) is 0 Å². The van der Waals surface area contributed by atoms with Crippen LogP contribution in [0, 0.1) is 12.8 Å². The topological polar surface area (TPSA) is 28.2 Å². The van der Waals surface area contributed by atoms with Crippen LogP contribution in [0.2, 0.25) is 0 Å². The first kappa shape index (κ1) is 15.9. The van der Waals surface area contributed by atoms with Gasteiger partial charge in [0.15, 0.2) is 0 Å². The van der Waals surface area contributed by atoms with E-state index in [4.69, 9.17) is 0 Å². The lowest BCUT2D eigenvalue weighted by Gasteiger charge is -2.40. The van der Waals surface area contributed by atoms with Gasteiger partial charge in [0.05, 0.1) is 10.7 Å². The molecule has 0 aromatic carbocycles. The van der Waals surface area contributed by atoms with Crippen LogP contribution in [0.4, 0.5) is 0 Å². The third-order valence-electron chi connectivity index (χ3n) is 4.02. The number of hydrogen-bond acceptors (Lipinski definition) is 4. The van der Waals surface area contributed by atoms with Crippen molar-refractivity contribution in [1.29, 1.82) is 0 Å². The molecule has 3 nitrogen and oxygen atoms in total. The van der Waals surface area contributed by atoms with Crippen LogP contribution in [-0.2, 0) is 6.54 Å². The quantitative estimate of drug-likeness (QED) is 0.871. The number of aryl methyl sites for hydroxylation is 1. The van der Waals surface area contributed by atoms with Crippen molar-refractivity contribution in [2.24, 2.45) is 5.92 Å². The third-order valence-corrected chi connectivity index (χ3v) is 4.85. The summed E-state index contributed by atoms with van der Waals surface area (Å²) < 4.78 is 0. The van der Waals surface area contributed by atoms with Crippen molar-refractivity contribution in [3.8, 4) is 0 Å². The van der Waals surface area contributed by atoms with Gasteiger partial charge in [0.25, 0.3) is 0 Å². The molecule has 1 N–H and O–H groups in total. The molecule has 4 heteroatoms. The smallest absolute Gasteiger partial charge is 0.0897 e. The van der Waals surface area contributed by atoms with Crippen LogP contribution in [0.25, 0.3) is 0 Å². The number of piperazine rings is 1. The maximum Gasteiger partial charge on any atom is 0.0897 e. The minimum Gasteiger partial charge on any atom is -0.311 e. The molecule has 1 saturated heterocycles. The van der Waals surface area contributed by atoms with E-state index in [2.05, 4.69) is 48.3 Å². The summed E-state index contributed by atoms with van der Waals surface area (Å²) in [5.74, 6) is 0.763. The molecule has 0 aliphatic carbocycles. The first-order valence-corrected chi connectivity index (χ1v) is 8.84. The van der Waals surface area contributed by atoms with E-state index in [0.717, 1.165) is 19.0 Å². The molecule has 114 valence electrons. The summed E-state index contributed by atoms with van der Waals surface area (Å²) in [5, 5.41) is 7.15. The zero-order chi connectivity index (χ0) is 14.5. The number of aromatic nitrogens is 1. The van der Waals surface area contributed by atoms with Gasteiger partial charge in [0.1, 0.15) is 0 Å². The molecule has 20 heavy (non-hydrogen) atoms. The van der Waals surface area contributed by atoms with Gasteiger partial charge in [-0.05, 0) is 25.7 Å². The van der Waals surface area contributed by atoms with Gasteiger partial charge in [-0.2, -0.15) is 0 Å². The van der Waals surface area contributed by atoms with Crippen LogP contribution < -0.4 is 5.32 Å². The molecule has 1 aliphatic rings. The van der Waals surface area contributed by atoms with Crippen molar-refractivity contribution in [2.45, 2.75) is 65.6 Å². The van der Waals surface area contributed by atoms with Crippen molar-refractivity contribution >= 4 is 11.3 Å². The second kappa shape index (κ2) is 7.53. The van der Waals surface area contributed by atoms with Crippen molar-refractivity contribution in [3.05, 3.63) is 16.1 Å². The highest BCUT2D eigenvalue weighted by atomic mass is 32.1. The molecule has 2 atom stereocenters. The molecule has 0 bridgehead atoms. The molecule has 1 aliphatic heterocycles. The van der Waals surface area contributed by atoms with Crippen LogP contribution in [0.1, 0.15) is 50.7 Å². The van der Waals surface area contributed by atoms with Crippen molar-refractivity contribution in [1.82, 2.24) is 15.2 Å². The number of hydrogen-bond donors (Lipinski definition) is 1. The zero-order valence-electron chi connectivity index (χ0n) is 13.4. The maximum atomic E-state index is 4.64. The molecule has 0 amide bonds. The van der Waals surface area contributed by atoms with E-state index in [9.17, 15) is 0 Å². The van der Waals surface area contributed by atoms with Crippen LogP contribution in [0.5, 0.6) is 0 Å². The molecule has 2 unspecified atom stereocenters.